The van der Waals surface area contributed by atoms with Gasteiger partial charge in [0.05, 0.1) is 16.4 Å². The minimum atomic E-state index is 0.217. The minimum absolute atomic E-state index is 0.217. The van der Waals surface area contributed by atoms with Gasteiger partial charge in [-0.2, -0.15) is 5.10 Å². The van der Waals surface area contributed by atoms with Crippen LogP contribution in [0.5, 0.6) is 0 Å². The van der Waals surface area contributed by atoms with Gasteiger partial charge in [0.15, 0.2) is 0 Å². The molecular weight excluding hydrogens is 284 g/mol. The second-order valence-corrected chi connectivity index (χ2v) is 6.95. The largest absolute Gasteiger partial charge is 0.315 e. The second-order valence-electron chi connectivity index (χ2n) is 6.57. The van der Waals surface area contributed by atoms with Crippen LogP contribution in [0.3, 0.4) is 0 Å². The molecule has 1 aromatic rings. The molecule has 4 nitrogen and oxygen atoms in total. The Morgan fingerprint density at radius 1 is 1.33 bits per heavy atom. The average molecular weight is 313 g/mol. The highest BCUT2D eigenvalue weighted by Gasteiger charge is 2.41. The Morgan fingerprint density at radius 2 is 1.95 bits per heavy atom. The number of nitrogens with one attached hydrogen (secondary N) is 1. The molecule has 120 valence electrons. The fraction of sp³-hybridized carbons (Fsp3) is 0.812. The molecule has 1 aliphatic carbocycles. The van der Waals surface area contributed by atoms with Crippen LogP contribution < -0.4 is 5.32 Å². The van der Waals surface area contributed by atoms with Gasteiger partial charge in [0.2, 0.25) is 0 Å². The van der Waals surface area contributed by atoms with E-state index in [-0.39, 0.29) is 5.54 Å². The van der Waals surface area contributed by atoms with Crippen molar-refractivity contribution in [3.05, 3.63) is 16.4 Å². The van der Waals surface area contributed by atoms with Crippen molar-refractivity contribution in [2.45, 2.75) is 57.0 Å². The molecule has 0 aliphatic heterocycles. The first-order valence-corrected chi connectivity index (χ1v) is 8.33. The normalized spacial score (nSPS) is 20.0. The zero-order valence-corrected chi connectivity index (χ0v) is 14.8. The third-order valence-corrected chi connectivity index (χ3v) is 5.76. The SMILES string of the molecule is CNC(Cc1c(Cl)c(C)nn1C)C1(N(C)C)CCCCC1. The zero-order valence-electron chi connectivity index (χ0n) is 14.0. The maximum absolute atomic E-state index is 6.45. The van der Waals surface area contributed by atoms with Crippen LogP contribution in [0.15, 0.2) is 0 Å². The smallest absolute Gasteiger partial charge is 0.0847 e. The number of aryl methyl sites for hydroxylation is 2. The van der Waals surface area contributed by atoms with E-state index in [4.69, 9.17) is 11.6 Å². The predicted molar refractivity (Wildman–Crippen MR) is 89.0 cm³/mol. The summed E-state index contributed by atoms with van der Waals surface area (Å²) in [5.41, 5.74) is 2.28. The van der Waals surface area contributed by atoms with Crippen molar-refractivity contribution < 1.29 is 0 Å². The van der Waals surface area contributed by atoms with E-state index >= 15 is 0 Å². The van der Waals surface area contributed by atoms with Crippen molar-refractivity contribution in [2.24, 2.45) is 7.05 Å². The summed E-state index contributed by atoms with van der Waals surface area (Å²) in [5, 5.41) is 8.84. The van der Waals surface area contributed by atoms with Crippen LogP contribution in [0.1, 0.15) is 43.5 Å². The molecule has 0 spiro atoms. The van der Waals surface area contributed by atoms with E-state index in [1.165, 1.54) is 32.1 Å². The molecule has 2 rings (SSSR count). The van der Waals surface area contributed by atoms with Crippen LogP contribution in [0.2, 0.25) is 5.02 Å². The second kappa shape index (κ2) is 6.67. The fourth-order valence-corrected chi connectivity index (χ4v) is 4.16. The van der Waals surface area contributed by atoms with Crippen LogP contribution in [0, 0.1) is 6.92 Å². The minimum Gasteiger partial charge on any atom is -0.315 e. The topological polar surface area (TPSA) is 33.1 Å². The lowest BCUT2D eigenvalue weighted by atomic mass is 9.74. The number of hydrogen-bond acceptors (Lipinski definition) is 3. The van der Waals surface area contributed by atoms with Crippen LogP contribution >= 0.6 is 11.6 Å². The van der Waals surface area contributed by atoms with Gasteiger partial charge in [-0.05, 0) is 40.9 Å². The number of likely N-dealkylation sites (N-methyl/N-ethyl adjacent to an activating group) is 2. The fourth-order valence-electron chi connectivity index (χ4n) is 3.93. The van der Waals surface area contributed by atoms with Crippen molar-refractivity contribution in [2.75, 3.05) is 21.1 Å². The van der Waals surface area contributed by atoms with Crippen molar-refractivity contribution in [3.63, 3.8) is 0 Å². The molecule has 0 saturated heterocycles. The Labute approximate surface area is 133 Å². The molecule has 5 heteroatoms. The monoisotopic (exact) mass is 312 g/mol. The molecule has 1 saturated carbocycles. The van der Waals surface area contributed by atoms with Gasteiger partial charge in [-0.25, -0.2) is 0 Å². The Balaban J connectivity index is 2.29. The highest BCUT2D eigenvalue weighted by molar-refractivity contribution is 6.31. The number of hydrogen-bond donors (Lipinski definition) is 1. The van der Waals surface area contributed by atoms with E-state index < -0.39 is 0 Å². The molecule has 0 bridgehead atoms. The van der Waals surface area contributed by atoms with E-state index in [1.807, 2.05) is 18.7 Å². The van der Waals surface area contributed by atoms with Gasteiger partial charge in [0, 0.05) is 25.0 Å². The standard InChI is InChI=1S/C16H29ClN4/c1-12-15(17)13(21(5)19-12)11-14(18-2)16(20(3)4)9-7-6-8-10-16/h14,18H,6-11H2,1-5H3. The maximum Gasteiger partial charge on any atom is 0.0847 e. The van der Waals surface area contributed by atoms with E-state index in [2.05, 4.69) is 36.5 Å². The first-order chi connectivity index (χ1) is 9.92. The Morgan fingerprint density at radius 3 is 2.38 bits per heavy atom. The van der Waals surface area contributed by atoms with Gasteiger partial charge in [-0.1, -0.05) is 30.9 Å². The first kappa shape index (κ1) is 16.8. The average Bonchev–Trinajstić information content (AvgIpc) is 2.70. The third kappa shape index (κ3) is 3.13. The number of aromatic nitrogens is 2. The molecule has 0 aromatic carbocycles. The molecule has 0 radical (unpaired) electrons. The van der Waals surface area contributed by atoms with E-state index in [1.54, 1.807) is 0 Å². The Hall–Kier alpha value is -0.580. The summed E-state index contributed by atoms with van der Waals surface area (Å²) in [6.45, 7) is 1.97. The molecular formula is C16H29ClN4. The lowest BCUT2D eigenvalue weighted by molar-refractivity contribution is 0.0591. The van der Waals surface area contributed by atoms with E-state index in [0.29, 0.717) is 6.04 Å². The van der Waals surface area contributed by atoms with Crippen molar-refractivity contribution >= 4 is 11.6 Å². The summed E-state index contributed by atoms with van der Waals surface area (Å²) in [6, 6.07) is 0.389. The van der Waals surface area contributed by atoms with Crippen LogP contribution in [-0.2, 0) is 13.5 Å². The molecule has 0 amide bonds. The predicted octanol–water partition coefficient (Wildman–Crippen LogP) is 2.78. The van der Waals surface area contributed by atoms with Gasteiger partial charge in [0.1, 0.15) is 0 Å². The van der Waals surface area contributed by atoms with Crippen LogP contribution in [0.25, 0.3) is 0 Å². The van der Waals surface area contributed by atoms with Gasteiger partial charge in [-0.3, -0.25) is 4.68 Å². The van der Waals surface area contributed by atoms with Gasteiger partial charge < -0.3 is 10.2 Å². The van der Waals surface area contributed by atoms with Crippen LogP contribution in [0.4, 0.5) is 0 Å². The molecule has 1 aliphatic rings. The molecule has 1 fully saturated rings. The highest BCUT2D eigenvalue weighted by Crippen LogP contribution is 2.37. The quantitative estimate of drug-likeness (QED) is 0.907. The van der Waals surface area contributed by atoms with Gasteiger partial charge in [-0.15, -0.1) is 0 Å². The third-order valence-electron chi connectivity index (χ3n) is 5.27. The molecule has 1 aromatic heterocycles. The van der Waals surface area contributed by atoms with Crippen molar-refractivity contribution in [1.29, 1.82) is 0 Å². The first-order valence-electron chi connectivity index (χ1n) is 7.95. The lowest BCUT2D eigenvalue weighted by Gasteiger charge is -2.48. The summed E-state index contributed by atoms with van der Waals surface area (Å²) in [7, 11) is 8.49. The number of nitrogens with zero attached hydrogens (tertiary/aromatic N) is 3. The maximum atomic E-state index is 6.45. The van der Waals surface area contributed by atoms with Gasteiger partial charge >= 0.3 is 0 Å². The lowest BCUT2D eigenvalue weighted by Crippen LogP contribution is -2.60. The number of halogens is 1. The molecule has 1 heterocycles. The van der Waals surface area contributed by atoms with E-state index in [9.17, 15) is 0 Å². The summed E-state index contributed by atoms with van der Waals surface area (Å²) < 4.78 is 1.94. The summed E-state index contributed by atoms with van der Waals surface area (Å²) in [5.74, 6) is 0. The number of rotatable bonds is 5. The zero-order chi connectivity index (χ0) is 15.6. The highest BCUT2D eigenvalue weighted by atomic mass is 35.5. The Kier molecular flexibility index (Phi) is 5.33. The van der Waals surface area contributed by atoms with Crippen LogP contribution in [-0.4, -0.2) is 47.4 Å². The summed E-state index contributed by atoms with van der Waals surface area (Å²) >= 11 is 6.45. The van der Waals surface area contributed by atoms with E-state index in [0.717, 1.165) is 22.8 Å². The Bertz CT molecular complexity index is 475. The molecule has 1 N–H and O–H groups in total. The molecule has 1 unspecified atom stereocenters. The molecule has 1 atom stereocenters. The summed E-state index contributed by atoms with van der Waals surface area (Å²) in [6.07, 6.45) is 7.41. The molecule has 21 heavy (non-hydrogen) atoms. The van der Waals surface area contributed by atoms with Gasteiger partial charge in [0.25, 0.3) is 0 Å². The van der Waals surface area contributed by atoms with Crippen molar-refractivity contribution in [1.82, 2.24) is 20.0 Å². The summed E-state index contributed by atoms with van der Waals surface area (Å²) in [4.78, 5) is 2.42. The van der Waals surface area contributed by atoms with Crippen molar-refractivity contribution in [3.8, 4) is 0 Å².